The van der Waals surface area contributed by atoms with Crippen molar-refractivity contribution < 1.29 is 20.1 Å². The second-order valence-electron chi connectivity index (χ2n) is 5.41. The molecule has 1 aliphatic rings. The van der Waals surface area contributed by atoms with Gasteiger partial charge >= 0.3 is 0 Å². The minimum Gasteiger partial charge on any atom is -0.394 e. The first kappa shape index (κ1) is 14.1. The van der Waals surface area contributed by atoms with Crippen LogP contribution in [0.25, 0.3) is 11.2 Å². The van der Waals surface area contributed by atoms with E-state index in [1.54, 1.807) is 7.05 Å². The van der Waals surface area contributed by atoms with Crippen molar-refractivity contribution in [3.05, 3.63) is 18.1 Å². The fraction of sp³-hybridized carbons (Fsp3) is 0.583. The minimum atomic E-state index is -1.61. The Morgan fingerprint density at radius 3 is 2.76 bits per heavy atom. The van der Waals surface area contributed by atoms with Crippen LogP contribution in [-0.4, -0.2) is 58.8 Å². The number of aromatic nitrogens is 4. The van der Waals surface area contributed by atoms with E-state index < -0.39 is 30.6 Å². The van der Waals surface area contributed by atoms with E-state index in [0.717, 1.165) is 0 Å². The highest BCUT2D eigenvalue weighted by Gasteiger charge is 2.53. The number of hydrogen-bond acceptors (Lipinski definition) is 7. The third-order valence-corrected chi connectivity index (χ3v) is 3.89. The van der Waals surface area contributed by atoms with Crippen LogP contribution in [0.3, 0.4) is 0 Å². The van der Waals surface area contributed by atoms with Gasteiger partial charge in [0, 0.05) is 7.05 Å². The van der Waals surface area contributed by atoms with Gasteiger partial charge in [-0.3, -0.25) is 9.98 Å². The van der Waals surface area contributed by atoms with Crippen molar-refractivity contribution in [3.63, 3.8) is 0 Å². The lowest BCUT2D eigenvalue weighted by atomic mass is 9.96. The predicted molar refractivity (Wildman–Crippen MR) is 70.0 cm³/mol. The van der Waals surface area contributed by atoms with Crippen LogP contribution < -0.4 is 5.49 Å². The van der Waals surface area contributed by atoms with E-state index in [-0.39, 0.29) is 5.49 Å². The summed E-state index contributed by atoms with van der Waals surface area (Å²) in [7, 11) is 1.68. The molecule has 3 rings (SSSR count). The van der Waals surface area contributed by atoms with Crippen LogP contribution in [0.2, 0.25) is 0 Å². The fourth-order valence-electron chi connectivity index (χ4n) is 2.58. The molecule has 2 aromatic rings. The number of rotatable bonds is 2. The summed E-state index contributed by atoms with van der Waals surface area (Å²) in [5, 5.41) is 37.6. The van der Waals surface area contributed by atoms with Gasteiger partial charge in [0.1, 0.15) is 23.3 Å². The van der Waals surface area contributed by atoms with Crippen LogP contribution in [0.4, 0.5) is 0 Å². The number of nitrogens with zero attached hydrogens (tertiary/aromatic N) is 4. The summed E-state index contributed by atoms with van der Waals surface area (Å²) in [4.78, 5) is 8.32. The number of hydrogen-bond donors (Lipinski definition) is 4. The second-order valence-corrected chi connectivity index (χ2v) is 5.41. The van der Waals surface area contributed by atoms with Crippen molar-refractivity contribution in [3.8, 4) is 0 Å². The Kier molecular flexibility index (Phi) is 3.10. The normalized spacial score (nSPS) is 32.9. The highest BCUT2D eigenvalue weighted by atomic mass is 16.6. The van der Waals surface area contributed by atoms with Crippen LogP contribution in [0.15, 0.2) is 12.7 Å². The lowest BCUT2D eigenvalue weighted by Crippen LogP contribution is -2.44. The van der Waals surface area contributed by atoms with Crippen LogP contribution >= 0.6 is 0 Å². The fourth-order valence-corrected chi connectivity index (χ4v) is 2.58. The van der Waals surface area contributed by atoms with Gasteiger partial charge in [0.25, 0.3) is 0 Å². The second kappa shape index (κ2) is 4.60. The molecule has 0 aliphatic carbocycles. The molecule has 9 nitrogen and oxygen atoms in total. The molecule has 2 aromatic heterocycles. The van der Waals surface area contributed by atoms with E-state index in [9.17, 15) is 15.3 Å². The standard InChI is InChI=1S/C12H17N5O4/c1-12(20)8(19)6(3-18)21-11(12)17-5-14-7-9(13)16(2)4-15-10(7)17/h4-6,8,11,13,18-20H,3H2,1-2H3/t6-,8+,11-,12?/m1/s1. The first-order chi connectivity index (χ1) is 9.87. The Balaban J connectivity index is 2.13. The van der Waals surface area contributed by atoms with Gasteiger partial charge < -0.3 is 24.6 Å². The Labute approximate surface area is 119 Å². The number of aryl methyl sites for hydroxylation is 1. The Hall–Kier alpha value is -1.81. The monoisotopic (exact) mass is 295 g/mol. The van der Waals surface area contributed by atoms with Gasteiger partial charge in [0.2, 0.25) is 0 Å². The third-order valence-electron chi connectivity index (χ3n) is 3.89. The molecule has 9 heteroatoms. The molecule has 0 aromatic carbocycles. The molecule has 0 bridgehead atoms. The van der Waals surface area contributed by atoms with Gasteiger partial charge in [-0.05, 0) is 6.92 Å². The topological polar surface area (TPSA) is 129 Å². The Morgan fingerprint density at radius 2 is 2.14 bits per heavy atom. The molecule has 1 unspecified atom stereocenters. The predicted octanol–water partition coefficient (Wildman–Crippen LogP) is -1.75. The van der Waals surface area contributed by atoms with Crippen molar-refractivity contribution in [2.24, 2.45) is 7.05 Å². The van der Waals surface area contributed by atoms with E-state index in [1.165, 1.54) is 28.7 Å². The molecule has 1 fully saturated rings. The van der Waals surface area contributed by atoms with E-state index in [2.05, 4.69) is 9.97 Å². The van der Waals surface area contributed by atoms with E-state index >= 15 is 0 Å². The molecule has 3 heterocycles. The quantitative estimate of drug-likeness (QED) is 0.520. The summed E-state index contributed by atoms with van der Waals surface area (Å²) in [6.07, 6.45) is -0.208. The molecular weight excluding hydrogens is 278 g/mol. The van der Waals surface area contributed by atoms with Gasteiger partial charge in [-0.25, -0.2) is 9.97 Å². The molecule has 114 valence electrons. The molecule has 1 aliphatic heterocycles. The Morgan fingerprint density at radius 1 is 1.43 bits per heavy atom. The van der Waals surface area contributed by atoms with E-state index in [4.69, 9.17) is 10.1 Å². The molecule has 0 amide bonds. The van der Waals surface area contributed by atoms with Crippen LogP contribution in [0.1, 0.15) is 13.2 Å². The molecular formula is C12H17N5O4. The van der Waals surface area contributed by atoms with Gasteiger partial charge in [-0.2, -0.15) is 0 Å². The van der Waals surface area contributed by atoms with Gasteiger partial charge in [0.05, 0.1) is 19.3 Å². The summed E-state index contributed by atoms with van der Waals surface area (Å²) >= 11 is 0. The van der Waals surface area contributed by atoms with Crippen molar-refractivity contribution in [1.29, 1.82) is 5.41 Å². The first-order valence-electron chi connectivity index (χ1n) is 6.47. The maximum atomic E-state index is 10.5. The summed E-state index contributed by atoms with van der Waals surface area (Å²) in [6, 6.07) is 0. The molecule has 0 radical (unpaired) electrons. The summed E-state index contributed by atoms with van der Waals surface area (Å²) in [5.74, 6) is 0. The highest BCUT2D eigenvalue weighted by molar-refractivity contribution is 5.68. The van der Waals surface area contributed by atoms with Crippen molar-refractivity contribution in [2.75, 3.05) is 6.61 Å². The van der Waals surface area contributed by atoms with Gasteiger partial charge in [0.15, 0.2) is 17.4 Å². The maximum absolute atomic E-state index is 10.5. The zero-order valence-electron chi connectivity index (χ0n) is 11.6. The van der Waals surface area contributed by atoms with Crippen LogP contribution in [0.5, 0.6) is 0 Å². The minimum absolute atomic E-state index is 0.177. The number of aliphatic hydroxyl groups is 3. The third kappa shape index (κ3) is 1.89. The lowest BCUT2D eigenvalue weighted by Gasteiger charge is -2.27. The molecule has 0 spiro atoms. The molecule has 21 heavy (non-hydrogen) atoms. The summed E-state index contributed by atoms with van der Waals surface area (Å²) < 4.78 is 8.50. The SMILES string of the molecule is Cn1cnc2c(ncn2[C@@H]2O[C@H](CO)[C@H](O)C2(C)O)c1=N. The van der Waals surface area contributed by atoms with E-state index in [1.807, 2.05) is 0 Å². The maximum Gasteiger partial charge on any atom is 0.168 e. The number of fused-ring (bicyclic) bond motifs is 1. The zero-order valence-corrected chi connectivity index (χ0v) is 11.6. The molecule has 4 N–H and O–H groups in total. The van der Waals surface area contributed by atoms with Crippen LogP contribution in [-0.2, 0) is 11.8 Å². The van der Waals surface area contributed by atoms with E-state index in [0.29, 0.717) is 11.2 Å². The molecule has 4 atom stereocenters. The molecule has 0 saturated carbocycles. The smallest absolute Gasteiger partial charge is 0.168 e. The number of aliphatic hydroxyl groups excluding tert-OH is 2. The largest absolute Gasteiger partial charge is 0.394 e. The van der Waals surface area contributed by atoms with Crippen LogP contribution in [0, 0.1) is 5.41 Å². The van der Waals surface area contributed by atoms with Gasteiger partial charge in [-0.1, -0.05) is 0 Å². The molecule has 1 saturated heterocycles. The summed E-state index contributed by atoms with van der Waals surface area (Å²) in [6.45, 7) is 1.01. The van der Waals surface area contributed by atoms with Crippen molar-refractivity contribution in [2.45, 2.75) is 31.0 Å². The average Bonchev–Trinajstić information content (AvgIpc) is 2.96. The summed E-state index contributed by atoms with van der Waals surface area (Å²) in [5.41, 5.74) is -0.700. The lowest BCUT2D eigenvalue weighted by molar-refractivity contribution is -0.0950. The van der Waals surface area contributed by atoms with Gasteiger partial charge in [-0.15, -0.1) is 0 Å². The number of imidazole rings is 1. The van der Waals surface area contributed by atoms with Crippen molar-refractivity contribution in [1.82, 2.24) is 19.1 Å². The van der Waals surface area contributed by atoms with Crippen molar-refractivity contribution >= 4 is 11.2 Å². The first-order valence-corrected chi connectivity index (χ1v) is 6.47. The average molecular weight is 295 g/mol. The zero-order chi connectivity index (χ0) is 15.4. The number of ether oxygens (including phenoxy) is 1. The highest BCUT2D eigenvalue weighted by Crippen LogP contribution is 2.38. The Bertz CT molecular complexity index is 737. The number of nitrogens with one attached hydrogen (secondary N) is 1.